The molecule has 2 rings (SSSR count). The van der Waals surface area contributed by atoms with Crippen molar-refractivity contribution in [2.45, 2.75) is 39.2 Å². The minimum absolute atomic E-state index is 0.409. The number of hydrogen-bond donors (Lipinski definition) is 1. The largest absolute Gasteiger partial charge is 0.354 e. The lowest BCUT2D eigenvalue weighted by molar-refractivity contribution is 0.447. The van der Waals surface area contributed by atoms with Crippen molar-refractivity contribution >= 4 is 5.95 Å². The summed E-state index contributed by atoms with van der Waals surface area (Å²) in [5.74, 6) is 2.28. The van der Waals surface area contributed by atoms with E-state index in [1.165, 1.54) is 0 Å². The van der Waals surface area contributed by atoms with Crippen LogP contribution in [0.5, 0.6) is 0 Å². The van der Waals surface area contributed by atoms with Crippen molar-refractivity contribution < 1.29 is 0 Å². The highest BCUT2D eigenvalue weighted by atomic mass is 15.4. The standard InChI is InChI=1S/C9H16N4/c1-6(2)8-11-9-10-5-4-7(3)13(9)12-8/h6-7H,4-5H2,1-3H3,(H,10,11,12). The summed E-state index contributed by atoms with van der Waals surface area (Å²) in [6, 6.07) is 0.483. The maximum Gasteiger partial charge on any atom is 0.221 e. The fourth-order valence-electron chi connectivity index (χ4n) is 1.53. The van der Waals surface area contributed by atoms with Gasteiger partial charge >= 0.3 is 0 Å². The van der Waals surface area contributed by atoms with Gasteiger partial charge < -0.3 is 5.32 Å². The Bertz CT molecular complexity index is 303. The molecule has 0 spiro atoms. The predicted molar refractivity (Wildman–Crippen MR) is 51.9 cm³/mol. The Morgan fingerprint density at radius 1 is 1.54 bits per heavy atom. The average molecular weight is 180 g/mol. The Labute approximate surface area is 78.4 Å². The maximum absolute atomic E-state index is 4.47. The molecule has 1 aromatic heterocycles. The first-order valence-electron chi connectivity index (χ1n) is 4.89. The van der Waals surface area contributed by atoms with Gasteiger partial charge in [-0.2, -0.15) is 10.1 Å². The summed E-state index contributed by atoms with van der Waals surface area (Å²) in [5, 5.41) is 7.73. The zero-order valence-electron chi connectivity index (χ0n) is 8.41. The van der Waals surface area contributed by atoms with Crippen molar-refractivity contribution in [3.05, 3.63) is 5.82 Å². The Balaban J connectivity index is 2.36. The second-order valence-electron chi connectivity index (χ2n) is 3.96. The lowest BCUT2D eigenvalue weighted by atomic mass is 10.2. The molecule has 1 N–H and O–H groups in total. The van der Waals surface area contributed by atoms with E-state index < -0.39 is 0 Å². The number of hydrogen-bond acceptors (Lipinski definition) is 3. The first-order chi connectivity index (χ1) is 6.18. The normalized spacial score (nSPS) is 21.4. The Morgan fingerprint density at radius 3 is 2.92 bits per heavy atom. The quantitative estimate of drug-likeness (QED) is 0.716. The van der Waals surface area contributed by atoms with E-state index in [4.69, 9.17) is 0 Å². The molecule has 4 nitrogen and oxygen atoms in total. The molecule has 4 heteroatoms. The van der Waals surface area contributed by atoms with Gasteiger partial charge in [-0.3, -0.25) is 0 Å². The van der Waals surface area contributed by atoms with E-state index in [0.29, 0.717) is 12.0 Å². The fourth-order valence-corrected chi connectivity index (χ4v) is 1.53. The highest BCUT2D eigenvalue weighted by Crippen LogP contribution is 2.22. The number of rotatable bonds is 1. The van der Waals surface area contributed by atoms with E-state index >= 15 is 0 Å². The number of fused-ring (bicyclic) bond motifs is 1. The summed E-state index contributed by atoms with van der Waals surface area (Å²) in [5.41, 5.74) is 0. The van der Waals surface area contributed by atoms with Crippen molar-refractivity contribution in [3.8, 4) is 0 Å². The van der Waals surface area contributed by atoms with Crippen LogP contribution in [0.1, 0.15) is 45.0 Å². The van der Waals surface area contributed by atoms with E-state index in [9.17, 15) is 0 Å². The first kappa shape index (κ1) is 8.53. The molecule has 72 valence electrons. The van der Waals surface area contributed by atoms with Crippen molar-refractivity contribution in [2.24, 2.45) is 0 Å². The molecule has 1 atom stereocenters. The van der Waals surface area contributed by atoms with E-state index in [-0.39, 0.29) is 0 Å². The van der Waals surface area contributed by atoms with E-state index in [0.717, 1.165) is 24.7 Å². The number of anilines is 1. The van der Waals surface area contributed by atoms with Gasteiger partial charge in [0.15, 0.2) is 5.82 Å². The van der Waals surface area contributed by atoms with Gasteiger partial charge in [0.05, 0.1) is 6.04 Å². The summed E-state index contributed by atoms with van der Waals surface area (Å²) in [4.78, 5) is 4.44. The van der Waals surface area contributed by atoms with Crippen molar-refractivity contribution in [2.75, 3.05) is 11.9 Å². The zero-order chi connectivity index (χ0) is 9.42. The first-order valence-corrected chi connectivity index (χ1v) is 4.89. The molecule has 1 unspecified atom stereocenters. The molecule has 13 heavy (non-hydrogen) atoms. The molecule has 0 saturated carbocycles. The van der Waals surface area contributed by atoms with Gasteiger partial charge in [-0.05, 0) is 13.3 Å². The monoisotopic (exact) mass is 180 g/mol. The van der Waals surface area contributed by atoms with Crippen LogP contribution < -0.4 is 5.32 Å². The molecule has 0 radical (unpaired) electrons. The van der Waals surface area contributed by atoms with Gasteiger partial charge in [0, 0.05) is 12.5 Å². The average Bonchev–Trinajstić information content (AvgIpc) is 2.49. The number of nitrogens with one attached hydrogen (secondary N) is 1. The van der Waals surface area contributed by atoms with E-state index in [2.05, 4.69) is 36.2 Å². The lowest BCUT2D eigenvalue weighted by Gasteiger charge is -2.20. The molecule has 2 heterocycles. The third-order valence-electron chi connectivity index (χ3n) is 2.43. The summed E-state index contributed by atoms with van der Waals surface area (Å²) < 4.78 is 2.00. The SMILES string of the molecule is CC(C)c1nc2n(n1)C(C)CCN2. The molecule has 0 aliphatic carbocycles. The highest BCUT2D eigenvalue weighted by molar-refractivity contribution is 5.28. The Kier molecular flexibility index (Phi) is 1.98. The molecule has 0 amide bonds. The Morgan fingerprint density at radius 2 is 2.31 bits per heavy atom. The third-order valence-corrected chi connectivity index (χ3v) is 2.43. The summed E-state index contributed by atoms with van der Waals surface area (Å²) in [6.07, 6.45) is 1.13. The van der Waals surface area contributed by atoms with E-state index in [1.54, 1.807) is 0 Å². The molecule has 1 aromatic rings. The van der Waals surface area contributed by atoms with Crippen LogP contribution in [0.4, 0.5) is 5.95 Å². The number of nitrogens with zero attached hydrogens (tertiary/aromatic N) is 3. The summed E-state index contributed by atoms with van der Waals surface area (Å²) >= 11 is 0. The molecule has 0 fully saturated rings. The molecule has 0 bridgehead atoms. The van der Waals surface area contributed by atoms with Gasteiger partial charge in [-0.1, -0.05) is 13.8 Å². The van der Waals surface area contributed by atoms with Crippen LogP contribution in [0, 0.1) is 0 Å². The second kappa shape index (κ2) is 3.01. The molecule has 1 aliphatic rings. The molecule has 0 saturated heterocycles. The molecular weight excluding hydrogens is 164 g/mol. The Hall–Kier alpha value is -1.06. The van der Waals surface area contributed by atoms with Crippen LogP contribution in [0.2, 0.25) is 0 Å². The third kappa shape index (κ3) is 1.41. The molecular formula is C9H16N4. The molecule has 1 aliphatic heterocycles. The van der Waals surface area contributed by atoms with Gasteiger partial charge in [-0.15, -0.1) is 0 Å². The smallest absolute Gasteiger partial charge is 0.221 e. The van der Waals surface area contributed by atoms with Crippen LogP contribution in [-0.2, 0) is 0 Å². The lowest BCUT2D eigenvalue weighted by Crippen LogP contribution is -2.21. The predicted octanol–water partition coefficient (Wildman–Crippen LogP) is 1.78. The van der Waals surface area contributed by atoms with Gasteiger partial charge in [-0.25, -0.2) is 4.68 Å². The summed E-state index contributed by atoms with van der Waals surface area (Å²) in [7, 11) is 0. The zero-order valence-corrected chi connectivity index (χ0v) is 8.41. The van der Waals surface area contributed by atoms with E-state index in [1.807, 2.05) is 4.68 Å². The maximum atomic E-state index is 4.47. The van der Waals surface area contributed by atoms with Crippen LogP contribution in [0.15, 0.2) is 0 Å². The number of aromatic nitrogens is 3. The highest BCUT2D eigenvalue weighted by Gasteiger charge is 2.19. The van der Waals surface area contributed by atoms with Crippen LogP contribution in [0.3, 0.4) is 0 Å². The van der Waals surface area contributed by atoms with Gasteiger partial charge in [0.2, 0.25) is 5.95 Å². The van der Waals surface area contributed by atoms with Crippen molar-refractivity contribution in [1.29, 1.82) is 0 Å². The van der Waals surface area contributed by atoms with Gasteiger partial charge in [0.1, 0.15) is 0 Å². The minimum Gasteiger partial charge on any atom is -0.354 e. The van der Waals surface area contributed by atoms with Crippen LogP contribution in [-0.4, -0.2) is 21.3 Å². The van der Waals surface area contributed by atoms with Gasteiger partial charge in [0.25, 0.3) is 0 Å². The molecule has 0 aromatic carbocycles. The topological polar surface area (TPSA) is 42.7 Å². The second-order valence-corrected chi connectivity index (χ2v) is 3.96. The minimum atomic E-state index is 0.409. The fraction of sp³-hybridized carbons (Fsp3) is 0.778. The van der Waals surface area contributed by atoms with Crippen molar-refractivity contribution in [3.63, 3.8) is 0 Å². The van der Waals surface area contributed by atoms with Crippen LogP contribution >= 0.6 is 0 Å². The summed E-state index contributed by atoms with van der Waals surface area (Å²) in [6.45, 7) is 7.43. The van der Waals surface area contributed by atoms with Crippen molar-refractivity contribution in [1.82, 2.24) is 14.8 Å². The van der Waals surface area contributed by atoms with Crippen LogP contribution in [0.25, 0.3) is 0 Å².